The Bertz CT molecular complexity index is 1870. The first-order valence-corrected chi connectivity index (χ1v) is 15.7. The Morgan fingerprint density at radius 1 is 0.957 bits per heavy atom. The Balaban J connectivity index is 0.00000128. The van der Waals surface area contributed by atoms with E-state index in [0.717, 1.165) is 75.9 Å². The summed E-state index contributed by atoms with van der Waals surface area (Å²) >= 11 is 0. The number of carbonyl (C=O) groups excluding carboxylic acids is 1. The van der Waals surface area contributed by atoms with Crippen molar-refractivity contribution in [2.75, 3.05) is 12.4 Å². The molecule has 1 amide bonds. The van der Waals surface area contributed by atoms with Crippen molar-refractivity contribution >= 4 is 17.6 Å². The maximum Gasteiger partial charge on any atom is 0.408 e. The normalized spacial score (nSPS) is 14.0. The maximum absolute atomic E-state index is 12.8. The van der Waals surface area contributed by atoms with Crippen LogP contribution in [-0.4, -0.2) is 43.3 Å². The monoisotopic (exact) mass is 621 g/mol. The topological polar surface area (TPSA) is 116 Å². The summed E-state index contributed by atoms with van der Waals surface area (Å²) < 4.78 is 13.0. The van der Waals surface area contributed by atoms with Crippen molar-refractivity contribution < 1.29 is 17.1 Å². The smallest absolute Gasteiger partial charge is 0.408 e. The molecule has 10 nitrogen and oxygen atoms in total. The second-order valence-electron chi connectivity index (χ2n) is 12.1. The SMILES string of the molecule is CC.COc1ncc(-c2nc3n(c2-c2ccc(C4(NC(=O)OC(C)(C)C)CCC4)cc2)-c2cccnc2Nc2ccccc2-3)cn1.[HH].[HH]. The molecule has 0 spiro atoms. The lowest BCUT2D eigenvalue weighted by atomic mass is 9.71. The van der Waals surface area contributed by atoms with E-state index < -0.39 is 17.2 Å². The van der Waals surface area contributed by atoms with Crippen LogP contribution in [0.5, 0.6) is 6.01 Å². The highest BCUT2D eigenvalue weighted by Gasteiger charge is 2.41. The van der Waals surface area contributed by atoms with Gasteiger partial charge in [-0.25, -0.2) is 24.7 Å². The highest BCUT2D eigenvalue weighted by Crippen LogP contribution is 2.46. The van der Waals surface area contributed by atoms with Crippen molar-refractivity contribution in [1.29, 1.82) is 0 Å². The molecule has 1 aliphatic carbocycles. The standard InChI is InChI=1S/C34H33N7O3.C2H6.2H2/c1-33(2,3)44-32(42)40-34(16-8-17-34)23-14-12-21(13-15-23)28-27(22-19-36-31(43-4)37-20-22)39-30-24-9-5-6-10-25(24)38-29-26(41(28)30)11-7-18-35-29;1-2;;/h5-7,9-15,18-20H,8,16-17H2,1-4H3,(H,35,38)(H,40,42);1-2H3;2*1H. The average molecular weight is 622 g/mol. The summed E-state index contributed by atoms with van der Waals surface area (Å²) in [6.45, 7) is 9.61. The number of nitrogens with one attached hydrogen (secondary N) is 2. The van der Waals surface area contributed by atoms with Gasteiger partial charge in [-0.2, -0.15) is 0 Å². The third kappa shape index (κ3) is 5.66. The number of methoxy groups -OCH3 is 1. The van der Waals surface area contributed by atoms with Gasteiger partial charge in [0.05, 0.1) is 29.7 Å². The zero-order chi connectivity index (χ0) is 32.5. The molecular formula is C36H43N7O3. The summed E-state index contributed by atoms with van der Waals surface area (Å²) in [5, 5.41) is 6.67. The van der Waals surface area contributed by atoms with Crippen LogP contribution in [0.25, 0.3) is 39.6 Å². The molecule has 0 bridgehead atoms. The molecule has 7 rings (SSSR count). The number of anilines is 2. The molecule has 0 saturated heterocycles. The first kappa shape index (κ1) is 30.8. The summed E-state index contributed by atoms with van der Waals surface area (Å²) in [5.41, 5.74) is 6.03. The van der Waals surface area contributed by atoms with Crippen LogP contribution in [0.15, 0.2) is 79.3 Å². The summed E-state index contributed by atoms with van der Waals surface area (Å²) in [4.78, 5) is 31.4. The molecule has 1 fully saturated rings. The number of imidazole rings is 1. The minimum Gasteiger partial charge on any atom is -0.467 e. The van der Waals surface area contributed by atoms with Gasteiger partial charge in [0.1, 0.15) is 17.1 Å². The van der Waals surface area contributed by atoms with Crippen molar-refractivity contribution in [3.8, 4) is 45.6 Å². The van der Waals surface area contributed by atoms with Gasteiger partial charge in [-0.05, 0) is 69.9 Å². The molecule has 1 saturated carbocycles. The Morgan fingerprint density at radius 3 is 2.33 bits per heavy atom. The van der Waals surface area contributed by atoms with E-state index in [1.807, 2.05) is 65.0 Å². The number of rotatable bonds is 5. The minimum absolute atomic E-state index is 0. The number of para-hydroxylation sites is 1. The number of nitrogens with zero attached hydrogens (tertiary/aromatic N) is 5. The molecule has 0 unspecified atom stereocenters. The molecule has 5 aromatic rings. The predicted octanol–water partition coefficient (Wildman–Crippen LogP) is 8.55. The van der Waals surface area contributed by atoms with Crippen LogP contribution in [0.2, 0.25) is 0 Å². The lowest BCUT2D eigenvalue weighted by molar-refractivity contribution is 0.0377. The van der Waals surface area contributed by atoms with Gasteiger partial charge >= 0.3 is 12.1 Å². The molecule has 2 N–H and O–H groups in total. The van der Waals surface area contributed by atoms with E-state index in [9.17, 15) is 4.79 Å². The fourth-order valence-electron chi connectivity index (χ4n) is 5.90. The van der Waals surface area contributed by atoms with Crippen molar-refractivity contribution in [2.24, 2.45) is 0 Å². The Kier molecular flexibility index (Phi) is 8.20. The van der Waals surface area contributed by atoms with E-state index in [-0.39, 0.29) is 8.86 Å². The first-order valence-electron chi connectivity index (χ1n) is 15.7. The number of hydrogen-bond donors (Lipinski definition) is 2. The largest absolute Gasteiger partial charge is 0.467 e. The summed E-state index contributed by atoms with van der Waals surface area (Å²) in [7, 11) is 1.54. The molecular weight excluding hydrogens is 578 g/mol. The number of benzene rings is 2. The number of pyridine rings is 1. The van der Waals surface area contributed by atoms with Crippen LogP contribution in [0.4, 0.5) is 16.3 Å². The van der Waals surface area contributed by atoms with Crippen molar-refractivity contribution in [1.82, 2.24) is 29.8 Å². The molecule has 2 aliphatic rings. The van der Waals surface area contributed by atoms with Crippen molar-refractivity contribution in [3.05, 3.63) is 84.8 Å². The zero-order valence-corrected chi connectivity index (χ0v) is 27.1. The molecule has 240 valence electrons. The third-order valence-electron chi connectivity index (χ3n) is 8.07. The highest BCUT2D eigenvalue weighted by atomic mass is 16.6. The number of fused-ring (bicyclic) bond motifs is 5. The minimum atomic E-state index is -0.571. The number of hydrogen-bond acceptors (Lipinski definition) is 8. The third-order valence-corrected chi connectivity index (χ3v) is 8.07. The van der Waals surface area contributed by atoms with E-state index in [1.54, 1.807) is 25.7 Å². The summed E-state index contributed by atoms with van der Waals surface area (Å²) in [6, 6.07) is 20.7. The fraction of sp³-hybridized carbons (Fsp3) is 0.306. The number of amides is 1. The van der Waals surface area contributed by atoms with Crippen LogP contribution in [0.1, 0.15) is 62.3 Å². The number of alkyl carbamates (subject to hydrolysis) is 1. The van der Waals surface area contributed by atoms with E-state index in [4.69, 9.17) is 14.5 Å². The van der Waals surface area contributed by atoms with E-state index in [0.29, 0.717) is 0 Å². The highest BCUT2D eigenvalue weighted by molar-refractivity contribution is 5.90. The zero-order valence-electron chi connectivity index (χ0n) is 27.1. The lowest BCUT2D eigenvalue weighted by Gasteiger charge is -2.43. The number of ether oxygens (including phenoxy) is 2. The van der Waals surface area contributed by atoms with E-state index >= 15 is 0 Å². The van der Waals surface area contributed by atoms with E-state index in [2.05, 4.69) is 60.5 Å². The molecule has 3 aromatic heterocycles. The molecule has 0 atom stereocenters. The van der Waals surface area contributed by atoms with Crippen molar-refractivity contribution in [2.45, 2.75) is 65.0 Å². The van der Waals surface area contributed by atoms with Crippen LogP contribution in [0, 0.1) is 0 Å². The maximum atomic E-state index is 12.8. The van der Waals surface area contributed by atoms with Gasteiger partial charge in [0, 0.05) is 38.1 Å². The lowest BCUT2D eigenvalue weighted by Crippen LogP contribution is -2.52. The fourth-order valence-corrected chi connectivity index (χ4v) is 5.90. The number of aromatic nitrogens is 5. The van der Waals surface area contributed by atoms with Gasteiger partial charge in [-0.3, -0.25) is 4.57 Å². The van der Waals surface area contributed by atoms with Gasteiger partial charge in [0.2, 0.25) is 0 Å². The van der Waals surface area contributed by atoms with Crippen LogP contribution >= 0.6 is 0 Å². The van der Waals surface area contributed by atoms with Crippen LogP contribution < -0.4 is 15.4 Å². The molecule has 1 aliphatic heterocycles. The number of carbonyl (C=O) groups is 1. The van der Waals surface area contributed by atoms with Gasteiger partial charge in [0.15, 0.2) is 5.82 Å². The molecule has 46 heavy (non-hydrogen) atoms. The Labute approximate surface area is 272 Å². The van der Waals surface area contributed by atoms with Gasteiger partial charge < -0.3 is 20.1 Å². The van der Waals surface area contributed by atoms with Crippen LogP contribution in [-0.2, 0) is 10.3 Å². The van der Waals surface area contributed by atoms with E-state index in [1.165, 1.54) is 0 Å². The van der Waals surface area contributed by atoms with Crippen LogP contribution in [0.3, 0.4) is 0 Å². The summed E-state index contributed by atoms with van der Waals surface area (Å²) in [6.07, 6.45) is 7.57. The first-order chi connectivity index (χ1) is 22.2. The average Bonchev–Trinajstić information content (AvgIpc) is 3.37. The quantitative estimate of drug-likeness (QED) is 0.197. The van der Waals surface area contributed by atoms with Crippen molar-refractivity contribution in [3.63, 3.8) is 0 Å². The molecule has 2 aromatic carbocycles. The molecule has 0 radical (unpaired) electrons. The van der Waals surface area contributed by atoms with Gasteiger partial charge in [-0.15, -0.1) is 0 Å². The Morgan fingerprint density at radius 2 is 1.67 bits per heavy atom. The summed E-state index contributed by atoms with van der Waals surface area (Å²) in [5.74, 6) is 1.49. The molecule has 4 heterocycles. The Hall–Kier alpha value is -5.25. The van der Waals surface area contributed by atoms with Gasteiger partial charge in [-0.1, -0.05) is 50.2 Å². The second kappa shape index (κ2) is 12.3. The van der Waals surface area contributed by atoms with Gasteiger partial charge in [0.25, 0.3) is 0 Å². The second-order valence-corrected chi connectivity index (χ2v) is 12.1. The predicted molar refractivity (Wildman–Crippen MR) is 184 cm³/mol. The molecule has 10 heteroatoms.